The van der Waals surface area contributed by atoms with Gasteiger partial charge in [0.25, 0.3) is 0 Å². The van der Waals surface area contributed by atoms with E-state index in [0.29, 0.717) is 13.0 Å². The van der Waals surface area contributed by atoms with Gasteiger partial charge in [0.1, 0.15) is 12.4 Å². The van der Waals surface area contributed by atoms with Gasteiger partial charge in [-0.3, -0.25) is 8.78 Å². The molecule has 140 valence electrons. The molecule has 1 aliphatic rings. The van der Waals surface area contributed by atoms with Crippen LogP contribution in [0.3, 0.4) is 0 Å². The number of aryl methyl sites for hydroxylation is 1. The highest BCUT2D eigenvalue weighted by Gasteiger charge is 2.32. The maximum atomic E-state index is 12.9. The van der Waals surface area contributed by atoms with Gasteiger partial charge in [0.15, 0.2) is 0 Å². The summed E-state index contributed by atoms with van der Waals surface area (Å²) in [6, 6.07) is 13.8. The van der Waals surface area contributed by atoms with Crippen molar-refractivity contribution in [2.45, 2.75) is 38.9 Å². The van der Waals surface area contributed by atoms with E-state index in [4.69, 9.17) is 4.74 Å². The minimum atomic E-state index is -0.695. The number of fused-ring (bicyclic) bond motifs is 1. The Labute approximate surface area is 153 Å². The summed E-state index contributed by atoms with van der Waals surface area (Å²) in [7, 11) is 0. The monoisotopic (exact) mass is 360 g/mol. The fourth-order valence-corrected chi connectivity index (χ4v) is 3.81. The lowest BCUT2D eigenvalue weighted by atomic mass is 9.77. The molecule has 0 bridgehead atoms. The van der Waals surface area contributed by atoms with E-state index in [-0.39, 0.29) is 5.92 Å². The summed E-state index contributed by atoms with van der Waals surface area (Å²) < 4.78 is 31.8. The molecule has 0 amide bonds. The normalized spacial score (nSPS) is 19.4. The molecule has 0 radical (unpaired) electrons. The number of halogens is 2. The van der Waals surface area contributed by atoms with Gasteiger partial charge in [0.2, 0.25) is 0 Å². The Morgan fingerprint density at radius 1 is 1.12 bits per heavy atom. The highest BCUT2D eigenvalue weighted by Crippen LogP contribution is 2.42. The summed E-state index contributed by atoms with van der Waals surface area (Å²) in [5.41, 5.74) is 4.00. The number of benzene rings is 2. The van der Waals surface area contributed by atoms with Crippen molar-refractivity contribution in [1.29, 1.82) is 0 Å². The van der Waals surface area contributed by atoms with Crippen molar-refractivity contribution in [2.75, 3.05) is 13.3 Å². The van der Waals surface area contributed by atoms with Gasteiger partial charge >= 0.3 is 0 Å². The SMILES string of the molecule is Cc1ccc2c(c1OCc1ccccc1)CC[C@@H](CC(CF)CF)[C@@H]2O. The maximum absolute atomic E-state index is 12.9. The number of hydrogen-bond donors (Lipinski definition) is 1. The maximum Gasteiger partial charge on any atom is 0.126 e. The van der Waals surface area contributed by atoms with Crippen LogP contribution in [0.5, 0.6) is 5.75 Å². The summed E-state index contributed by atoms with van der Waals surface area (Å²) in [5, 5.41) is 10.8. The molecule has 1 N–H and O–H groups in total. The van der Waals surface area contributed by atoms with Crippen LogP contribution in [0.25, 0.3) is 0 Å². The lowest BCUT2D eigenvalue weighted by Gasteiger charge is -2.33. The molecular formula is C22H26F2O2. The molecule has 2 nitrogen and oxygen atoms in total. The Morgan fingerprint density at radius 2 is 1.85 bits per heavy atom. The first kappa shape index (κ1) is 18.8. The van der Waals surface area contributed by atoms with Gasteiger partial charge in [-0.1, -0.05) is 42.5 Å². The van der Waals surface area contributed by atoms with Crippen molar-refractivity contribution < 1.29 is 18.6 Å². The van der Waals surface area contributed by atoms with Gasteiger partial charge < -0.3 is 9.84 Å². The molecule has 3 rings (SSSR count). The van der Waals surface area contributed by atoms with E-state index in [1.165, 1.54) is 0 Å². The zero-order chi connectivity index (χ0) is 18.5. The smallest absolute Gasteiger partial charge is 0.126 e. The molecule has 0 heterocycles. The average molecular weight is 360 g/mol. The third kappa shape index (κ3) is 4.07. The molecule has 0 saturated heterocycles. The van der Waals surface area contributed by atoms with Crippen molar-refractivity contribution >= 4 is 0 Å². The Bertz CT molecular complexity index is 714. The highest BCUT2D eigenvalue weighted by atomic mass is 19.1. The largest absolute Gasteiger partial charge is 0.488 e. The fourth-order valence-electron chi connectivity index (χ4n) is 3.81. The van der Waals surface area contributed by atoms with Crippen LogP contribution in [-0.2, 0) is 13.0 Å². The first-order chi connectivity index (χ1) is 12.6. The second-order valence-corrected chi connectivity index (χ2v) is 7.21. The van der Waals surface area contributed by atoms with Gasteiger partial charge in [-0.25, -0.2) is 0 Å². The van der Waals surface area contributed by atoms with Crippen LogP contribution in [-0.4, -0.2) is 18.5 Å². The lowest BCUT2D eigenvalue weighted by Crippen LogP contribution is -2.25. The molecule has 2 atom stereocenters. The Morgan fingerprint density at radius 3 is 2.54 bits per heavy atom. The summed E-state index contributed by atoms with van der Waals surface area (Å²) >= 11 is 0. The van der Waals surface area contributed by atoms with Gasteiger partial charge in [-0.2, -0.15) is 0 Å². The second-order valence-electron chi connectivity index (χ2n) is 7.21. The standard InChI is InChI=1S/C22H26F2O2/c1-15-7-9-19-20(22(15)26-14-16-5-3-2-4-6-16)10-8-18(21(19)25)11-17(12-23)13-24/h2-7,9,17-18,21,25H,8,10-14H2,1H3/t18-,21-/m0/s1. The highest BCUT2D eigenvalue weighted by molar-refractivity contribution is 5.48. The molecule has 0 fully saturated rings. The van der Waals surface area contributed by atoms with E-state index in [2.05, 4.69) is 0 Å². The molecule has 2 aromatic carbocycles. The zero-order valence-corrected chi connectivity index (χ0v) is 15.1. The average Bonchev–Trinajstić information content (AvgIpc) is 2.67. The first-order valence-corrected chi connectivity index (χ1v) is 9.23. The van der Waals surface area contributed by atoms with Crippen LogP contribution in [0.4, 0.5) is 8.78 Å². The molecule has 0 unspecified atom stereocenters. The number of rotatable bonds is 7. The van der Waals surface area contributed by atoms with E-state index < -0.39 is 25.4 Å². The van der Waals surface area contributed by atoms with Gasteiger partial charge in [0.05, 0.1) is 19.5 Å². The van der Waals surface area contributed by atoms with E-state index in [1.54, 1.807) is 0 Å². The number of aliphatic hydroxyl groups is 1. The molecular weight excluding hydrogens is 334 g/mol. The van der Waals surface area contributed by atoms with Gasteiger partial charge in [0, 0.05) is 11.5 Å². The summed E-state index contributed by atoms with van der Waals surface area (Å²) in [6.07, 6.45) is 1.16. The van der Waals surface area contributed by atoms with Crippen molar-refractivity contribution in [3.05, 3.63) is 64.7 Å². The molecule has 0 aliphatic heterocycles. The molecule has 4 heteroatoms. The molecule has 0 spiro atoms. The van der Waals surface area contributed by atoms with Gasteiger partial charge in [-0.05, 0) is 48.8 Å². The number of alkyl halides is 2. The van der Waals surface area contributed by atoms with Crippen molar-refractivity contribution in [1.82, 2.24) is 0 Å². The van der Waals surface area contributed by atoms with Crippen LogP contribution >= 0.6 is 0 Å². The van der Waals surface area contributed by atoms with E-state index in [0.717, 1.165) is 40.8 Å². The van der Waals surface area contributed by atoms with Crippen molar-refractivity contribution in [3.63, 3.8) is 0 Å². The van der Waals surface area contributed by atoms with E-state index in [1.807, 2.05) is 49.4 Å². The number of hydrogen-bond acceptors (Lipinski definition) is 2. The second kappa shape index (κ2) is 8.63. The van der Waals surface area contributed by atoms with Gasteiger partial charge in [-0.15, -0.1) is 0 Å². The summed E-state index contributed by atoms with van der Waals surface area (Å²) in [5.74, 6) is 0.107. The number of aliphatic hydroxyl groups excluding tert-OH is 1. The third-order valence-electron chi connectivity index (χ3n) is 5.32. The van der Waals surface area contributed by atoms with Crippen LogP contribution in [0.1, 0.15) is 41.2 Å². The molecule has 2 aromatic rings. The van der Waals surface area contributed by atoms with Crippen molar-refractivity contribution in [3.8, 4) is 5.75 Å². The predicted molar refractivity (Wildman–Crippen MR) is 98.8 cm³/mol. The van der Waals surface area contributed by atoms with Crippen LogP contribution < -0.4 is 4.74 Å². The van der Waals surface area contributed by atoms with Crippen LogP contribution in [0.15, 0.2) is 42.5 Å². The fraction of sp³-hybridized carbons (Fsp3) is 0.455. The Hall–Kier alpha value is -1.94. The summed E-state index contributed by atoms with van der Waals surface area (Å²) in [6.45, 7) is 1.13. The Kier molecular flexibility index (Phi) is 6.25. The quantitative estimate of drug-likeness (QED) is 0.743. The summed E-state index contributed by atoms with van der Waals surface area (Å²) in [4.78, 5) is 0. The van der Waals surface area contributed by atoms with Crippen LogP contribution in [0, 0.1) is 18.8 Å². The minimum Gasteiger partial charge on any atom is -0.488 e. The Balaban J connectivity index is 1.79. The first-order valence-electron chi connectivity index (χ1n) is 9.23. The number of ether oxygens (including phenoxy) is 1. The minimum absolute atomic E-state index is 0.108. The topological polar surface area (TPSA) is 29.5 Å². The van der Waals surface area contributed by atoms with Crippen molar-refractivity contribution in [2.24, 2.45) is 11.8 Å². The molecule has 1 aliphatic carbocycles. The molecule has 0 aromatic heterocycles. The zero-order valence-electron chi connectivity index (χ0n) is 15.1. The lowest BCUT2D eigenvalue weighted by molar-refractivity contribution is 0.0700. The predicted octanol–water partition coefficient (Wildman–Crippen LogP) is 5.12. The van der Waals surface area contributed by atoms with E-state index in [9.17, 15) is 13.9 Å². The van der Waals surface area contributed by atoms with E-state index >= 15 is 0 Å². The molecule has 0 saturated carbocycles. The van der Waals surface area contributed by atoms with Crippen LogP contribution in [0.2, 0.25) is 0 Å². The molecule has 26 heavy (non-hydrogen) atoms. The third-order valence-corrected chi connectivity index (χ3v) is 5.32.